The van der Waals surface area contributed by atoms with E-state index in [1.54, 1.807) is 25.1 Å². The largest absolute Gasteiger partial charge is 0.492 e. The van der Waals surface area contributed by atoms with Crippen molar-refractivity contribution in [3.8, 4) is 17.0 Å². The van der Waals surface area contributed by atoms with Crippen molar-refractivity contribution < 1.29 is 22.7 Å². The Morgan fingerprint density at radius 3 is 2.33 bits per heavy atom. The lowest BCUT2D eigenvalue weighted by atomic mass is 10.1. The normalized spacial score (nSPS) is 12.4. The Hall–Kier alpha value is -3.89. The van der Waals surface area contributed by atoms with Gasteiger partial charge in [-0.05, 0) is 48.7 Å². The lowest BCUT2D eigenvalue weighted by molar-refractivity contribution is 0.165. The number of nitrogens with zero attached hydrogens (tertiary/aromatic N) is 3. The van der Waals surface area contributed by atoms with E-state index < -0.39 is 38.2 Å². The molecule has 1 atom stereocenters. The van der Waals surface area contributed by atoms with Gasteiger partial charge in [0.15, 0.2) is 4.90 Å². The number of benzene rings is 2. The molecule has 0 spiro atoms. The summed E-state index contributed by atoms with van der Waals surface area (Å²) in [6.45, 7) is 3.79. The zero-order chi connectivity index (χ0) is 28.9. The minimum atomic E-state index is -4.47. The number of aromatic hydroxyl groups is 1. The molecule has 0 amide bonds. The molecule has 4 rings (SSSR count). The molecule has 1 N–H and O–H groups in total. The first-order valence-electron chi connectivity index (χ1n) is 13.1. The van der Waals surface area contributed by atoms with Crippen molar-refractivity contribution >= 4 is 9.84 Å². The average molecular weight is 566 g/mol. The van der Waals surface area contributed by atoms with Crippen molar-refractivity contribution in [3.63, 3.8) is 0 Å². The molecule has 0 aliphatic heterocycles. The fourth-order valence-electron chi connectivity index (χ4n) is 4.74. The molecule has 2 aromatic carbocycles. The number of pyridine rings is 1. The minimum absolute atomic E-state index is 0.0936. The second-order valence-corrected chi connectivity index (χ2v) is 11.4. The number of unbranched alkanes of at least 4 members (excludes halogenated alkanes) is 2. The molecule has 2 heterocycles. The number of rotatable bonds is 11. The van der Waals surface area contributed by atoms with E-state index in [0.29, 0.717) is 29.7 Å². The highest BCUT2D eigenvalue weighted by atomic mass is 32.2. The molecule has 0 saturated carbocycles. The van der Waals surface area contributed by atoms with Crippen LogP contribution in [0.25, 0.3) is 11.1 Å². The van der Waals surface area contributed by atoms with Crippen LogP contribution in [0.15, 0.2) is 81.3 Å². The summed E-state index contributed by atoms with van der Waals surface area (Å²) in [5.41, 5.74) is 1.58. The maximum Gasteiger partial charge on any atom is 0.277 e. The van der Waals surface area contributed by atoms with Crippen LogP contribution in [0.4, 0.5) is 4.39 Å². The van der Waals surface area contributed by atoms with Crippen LogP contribution in [0, 0.1) is 12.9 Å². The number of hydrogen-bond donors (Lipinski definition) is 1. The Morgan fingerprint density at radius 2 is 1.70 bits per heavy atom. The van der Waals surface area contributed by atoms with Crippen LogP contribution < -0.4 is 5.56 Å². The number of methoxy groups -OCH3 is 1. The maximum absolute atomic E-state index is 14.0. The molecule has 0 radical (unpaired) electrons. The van der Waals surface area contributed by atoms with Gasteiger partial charge >= 0.3 is 0 Å². The molecule has 2 aromatic heterocycles. The fourth-order valence-corrected chi connectivity index (χ4v) is 6.08. The third kappa shape index (κ3) is 5.97. The monoisotopic (exact) mass is 565 g/mol. The van der Waals surface area contributed by atoms with E-state index in [0.717, 1.165) is 18.4 Å². The van der Waals surface area contributed by atoms with Gasteiger partial charge < -0.3 is 9.84 Å². The molecule has 8 nitrogen and oxygen atoms in total. The molecule has 10 heteroatoms. The van der Waals surface area contributed by atoms with Crippen molar-refractivity contribution in [2.75, 3.05) is 13.7 Å². The predicted octanol–water partition coefficient (Wildman–Crippen LogP) is 5.26. The van der Waals surface area contributed by atoms with Gasteiger partial charge in [0.05, 0.1) is 17.5 Å². The first-order valence-corrected chi connectivity index (χ1v) is 14.5. The number of aryl methyl sites for hydroxylation is 2. The van der Waals surface area contributed by atoms with Crippen LogP contribution in [-0.4, -0.2) is 41.8 Å². The summed E-state index contributed by atoms with van der Waals surface area (Å²) >= 11 is 0. The highest BCUT2D eigenvalue weighted by Crippen LogP contribution is 2.30. The molecule has 4 aromatic rings. The quantitative estimate of drug-likeness (QED) is 0.195. The van der Waals surface area contributed by atoms with E-state index in [2.05, 4.69) is 9.97 Å². The third-order valence-electron chi connectivity index (χ3n) is 6.75. The summed E-state index contributed by atoms with van der Waals surface area (Å²) in [6.07, 6.45) is 2.91. The molecule has 40 heavy (non-hydrogen) atoms. The van der Waals surface area contributed by atoms with Crippen LogP contribution in [0.2, 0.25) is 0 Å². The molecular formula is C30H32FN3O5S. The SMILES string of the molecule is CCCCCc1nc(O)c(S(=O)(=O)c2ccc(-c3ccc(F)nc3C)cc2)c(=O)n1[C@@H](COC)c1ccccc1. The first-order chi connectivity index (χ1) is 19.2. The number of hydrogen-bond acceptors (Lipinski definition) is 7. The number of aromatic nitrogens is 3. The molecule has 0 unspecified atom stereocenters. The summed E-state index contributed by atoms with van der Waals surface area (Å²) in [6, 6.07) is 17.1. The van der Waals surface area contributed by atoms with Gasteiger partial charge in [0.1, 0.15) is 5.82 Å². The zero-order valence-electron chi connectivity index (χ0n) is 22.7. The van der Waals surface area contributed by atoms with Crippen LogP contribution in [0.5, 0.6) is 5.88 Å². The highest BCUT2D eigenvalue weighted by Gasteiger charge is 2.32. The summed E-state index contributed by atoms with van der Waals surface area (Å²) in [4.78, 5) is 21.1. The number of sulfone groups is 1. The zero-order valence-corrected chi connectivity index (χ0v) is 23.5. The maximum atomic E-state index is 14.0. The van der Waals surface area contributed by atoms with Crippen LogP contribution in [0.3, 0.4) is 0 Å². The summed E-state index contributed by atoms with van der Waals surface area (Å²) in [5, 5.41) is 10.8. The second-order valence-electron chi connectivity index (χ2n) is 9.49. The highest BCUT2D eigenvalue weighted by molar-refractivity contribution is 7.91. The Balaban J connectivity index is 1.85. The Labute approximate surface area is 233 Å². The van der Waals surface area contributed by atoms with Gasteiger partial charge in [-0.25, -0.2) is 13.4 Å². The number of halogens is 1. The van der Waals surface area contributed by atoms with Crippen molar-refractivity contribution in [1.82, 2.24) is 14.5 Å². The van der Waals surface area contributed by atoms with E-state index in [9.17, 15) is 22.7 Å². The summed E-state index contributed by atoms with van der Waals surface area (Å²) in [5.74, 6) is -1.16. The summed E-state index contributed by atoms with van der Waals surface area (Å²) in [7, 11) is -2.97. The third-order valence-corrected chi connectivity index (χ3v) is 8.54. The topological polar surface area (TPSA) is 111 Å². The Kier molecular flexibility index (Phi) is 9.11. The van der Waals surface area contributed by atoms with Crippen LogP contribution in [-0.2, 0) is 21.0 Å². The molecule has 210 valence electrons. The van der Waals surface area contributed by atoms with Crippen molar-refractivity contribution in [1.29, 1.82) is 0 Å². The van der Waals surface area contributed by atoms with Crippen molar-refractivity contribution in [2.24, 2.45) is 0 Å². The van der Waals surface area contributed by atoms with E-state index in [1.165, 1.54) is 29.9 Å². The number of ether oxygens (including phenoxy) is 1. The van der Waals surface area contributed by atoms with Gasteiger partial charge in [-0.3, -0.25) is 9.36 Å². The molecule has 0 fully saturated rings. The second kappa shape index (κ2) is 12.5. The van der Waals surface area contributed by atoms with Gasteiger partial charge in [0, 0.05) is 24.8 Å². The van der Waals surface area contributed by atoms with Crippen LogP contribution >= 0.6 is 0 Å². The summed E-state index contributed by atoms with van der Waals surface area (Å²) < 4.78 is 47.8. The lowest BCUT2D eigenvalue weighted by Crippen LogP contribution is -2.35. The average Bonchev–Trinajstić information content (AvgIpc) is 2.93. The van der Waals surface area contributed by atoms with Gasteiger partial charge in [-0.2, -0.15) is 9.37 Å². The predicted molar refractivity (Wildman–Crippen MR) is 150 cm³/mol. The molecule has 0 saturated heterocycles. The Morgan fingerprint density at radius 1 is 1.00 bits per heavy atom. The Bertz CT molecular complexity index is 1640. The molecule has 0 aliphatic rings. The molecular weight excluding hydrogens is 533 g/mol. The lowest BCUT2D eigenvalue weighted by Gasteiger charge is -2.24. The van der Waals surface area contributed by atoms with Crippen molar-refractivity contribution in [2.45, 2.75) is 55.4 Å². The van der Waals surface area contributed by atoms with Crippen molar-refractivity contribution in [3.05, 3.63) is 100 Å². The molecule has 0 aliphatic carbocycles. The fraction of sp³-hybridized carbons (Fsp3) is 0.300. The van der Waals surface area contributed by atoms with Gasteiger partial charge in [-0.1, -0.05) is 62.2 Å². The van der Waals surface area contributed by atoms with E-state index >= 15 is 0 Å². The van der Waals surface area contributed by atoms with Crippen LogP contribution in [0.1, 0.15) is 49.3 Å². The van der Waals surface area contributed by atoms with E-state index in [4.69, 9.17) is 4.74 Å². The standard InChI is InChI=1S/C30H32FN3O5S/c1-4-5-7-12-27-33-29(35)28(30(36)34(27)25(19-39-3)22-10-8-6-9-11-22)40(37,38)23-15-13-21(14-16-23)24-17-18-26(31)32-20(24)2/h6,8-11,13-18,25,35H,4-5,7,12,19H2,1-3H3/t25-/m0/s1. The van der Waals surface area contributed by atoms with Gasteiger partial charge in [-0.15, -0.1) is 0 Å². The van der Waals surface area contributed by atoms with Gasteiger partial charge in [0.25, 0.3) is 5.56 Å². The molecule has 0 bridgehead atoms. The van der Waals surface area contributed by atoms with E-state index in [-0.39, 0.29) is 17.3 Å². The van der Waals surface area contributed by atoms with E-state index in [1.807, 2.05) is 37.3 Å². The minimum Gasteiger partial charge on any atom is -0.492 e. The smallest absolute Gasteiger partial charge is 0.277 e. The first kappa shape index (κ1) is 29.1. The van der Waals surface area contributed by atoms with Gasteiger partial charge in [0.2, 0.25) is 21.7 Å².